The van der Waals surface area contributed by atoms with E-state index < -0.39 is 5.91 Å². The molecule has 32 heavy (non-hydrogen) atoms. The van der Waals surface area contributed by atoms with Crippen LogP contribution in [0.15, 0.2) is 46.1 Å². The maximum absolute atomic E-state index is 13.2. The number of carbonyl (C=O) groups excluding carboxylic acids is 2. The van der Waals surface area contributed by atoms with Crippen molar-refractivity contribution in [1.29, 1.82) is 0 Å². The van der Waals surface area contributed by atoms with Crippen LogP contribution in [0.4, 0.5) is 5.69 Å². The van der Waals surface area contributed by atoms with Gasteiger partial charge in [0.15, 0.2) is 0 Å². The second-order valence-electron chi connectivity index (χ2n) is 6.91. The average Bonchev–Trinajstić information content (AvgIpc) is 3.10. The van der Waals surface area contributed by atoms with Crippen LogP contribution < -0.4 is 5.32 Å². The number of anilines is 1. The quantitative estimate of drug-likeness (QED) is 0.424. The number of benzene rings is 1. The first-order valence-corrected chi connectivity index (χ1v) is 11.6. The lowest BCUT2D eigenvalue weighted by atomic mass is 10.2. The summed E-state index contributed by atoms with van der Waals surface area (Å²) in [6.45, 7) is 5.72. The smallest absolute Gasteiger partial charge is 0.257 e. The Hall–Kier alpha value is -2.55. The number of hydrogen-bond acceptors (Lipinski definition) is 6. The van der Waals surface area contributed by atoms with E-state index in [9.17, 15) is 9.59 Å². The number of thioether (sulfide) groups is 1. The molecular weight excluding hydrogens is 471 g/mol. The van der Waals surface area contributed by atoms with Gasteiger partial charge in [-0.25, -0.2) is 4.98 Å². The van der Waals surface area contributed by atoms with Crippen molar-refractivity contribution in [2.24, 2.45) is 0 Å². The molecule has 1 aromatic carbocycles. The summed E-state index contributed by atoms with van der Waals surface area (Å²) >= 11 is 13.7. The topological polar surface area (TPSA) is 88.3 Å². The Kier molecular flexibility index (Phi) is 8.17. The van der Waals surface area contributed by atoms with Crippen molar-refractivity contribution < 1.29 is 14.1 Å². The van der Waals surface area contributed by atoms with Crippen LogP contribution >= 0.6 is 35.0 Å². The van der Waals surface area contributed by atoms with Crippen LogP contribution in [0.2, 0.25) is 10.0 Å². The van der Waals surface area contributed by atoms with Gasteiger partial charge in [0.1, 0.15) is 17.3 Å². The maximum Gasteiger partial charge on any atom is 0.257 e. The van der Waals surface area contributed by atoms with E-state index in [1.807, 2.05) is 13.8 Å². The summed E-state index contributed by atoms with van der Waals surface area (Å²) in [7, 11) is 0. The standard InChI is InChI=1S/C22H22Cl2N4O3S/c1-4-28(11-19(29)26-20-17(23)8-5-9-18(20)24)22(30)15-7-6-10-25-21(15)32-12-16-13(2)27-31-14(16)3/h5-10H,4,11-12H2,1-3H3,(H,26,29). The molecule has 0 bridgehead atoms. The molecule has 0 saturated heterocycles. The molecular formula is C22H22Cl2N4O3S. The first kappa shape index (κ1) is 24.1. The van der Waals surface area contributed by atoms with Crippen molar-refractivity contribution in [3.05, 3.63) is 69.2 Å². The van der Waals surface area contributed by atoms with Crippen molar-refractivity contribution in [1.82, 2.24) is 15.0 Å². The highest BCUT2D eigenvalue weighted by Crippen LogP contribution is 2.30. The number of aryl methyl sites for hydroxylation is 2. The molecule has 2 aromatic heterocycles. The average molecular weight is 493 g/mol. The third-order valence-corrected chi connectivity index (χ3v) is 6.43. The number of rotatable bonds is 8. The number of aromatic nitrogens is 2. The van der Waals surface area contributed by atoms with Crippen molar-refractivity contribution >= 4 is 52.5 Å². The Morgan fingerprint density at radius 2 is 1.88 bits per heavy atom. The molecule has 0 unspecified atom stereocenters. The second kappa shape index (κ2) is 10.8. The Balaban J connectivity index is 1.73. The summed E-state index contributed by atoms with van der Waals surface area (Å²) < 4.78 is 5.20. The molecule has 0 atom stereocenters. The minimum atomic E-state index is -0.399. The van der Waals surface area contributed by atoms with Crippen molar-refractivity contribution in [2.45, 2.75) is 31.6 Å². The summed E-state index contributed by atoms with van der Waals surface area (Å²) in [5.74, 6) is 0.617. The lowest BCUT2D eigenvalue weighted by Gasteiger charge is -2.21. The van der Waals surface area contributed by atoms with E-state index in [-0.39, 0.29) is 12.5 Å². The fraction of sp³-hybridized carbons (Fsp3) is 0.273. The summed E-state index contributed by atoms with van der Waals surface area (Å²) in [6.07, 6.45) is 1.63. The van der Waals surface area contributed by atoms with Gasteiger partial charge in [0.25, 0.3) is 5.91 Å². The molecule has 2 heterocycles. The van der Waals surface area contributed by atoms with Crippen molar-refractivity contribution in [2.75, 3.05) is 18.4 Å². The van der Waals surface area contributed by atoms with E-state index in [1.165, 1.54) is 16.7 Å². The highest BCUT2D eigenvalue weighted by molar-refractivity contribution is 7.98. The minimum absolute atomic E-state index is 0.153. The SMILES string of the molecule is CCN(CC(=O)Nc1c(Cl)cccc1Cl)C(=O)c1cccnc1SCc1c(C)noc1C. The van der Waals surface area contributed by atoms with Gasteiger partial charge in [-0.2, -0.15) is 0 Å². The zero-order valence-electron chi connectivity index (χ0n) is 17.8. The first-order chi connectivity index (χ1) is 15.3. The molecule has 0 fully saturated rings. The number of halogens is 2. The molecule has 2 amide bonds. The Bertz CT molecular complexity index is 1100. The van der Waals surface area contributed by atoms with Crippen LogP contribution in [0.1, 0.15) is 34.3 Å². The largest absolute Gasteiger partial charge is 0.361 e. The molecule has 10 heteroatoms. The molecule has 168 valence electrons. The van der Waals surface area contributed by atoms with Gasteiger partial charge < -0.3 is 14.7 Å². The van der Waals surface area contributed by atoms with Gasteiger partial charge in [0.2, 0.25) is 5.91 Å². The fourth-order valence-corrected chi connectivity index (χ4v) is 4.62. The highest BCUT2D eigenvalue weighted by Gasteiger charge is 2.22. The third kappa shape index (κ3) is 5.62. The van der Waals surface area contributed by atoms with E-state index in [2.05, 4.69) is 15.5 Å². The lowest BCUT2D eigenvalue weighted by Crippen LogP contribution is -2.38. The highest BCUT2D eigenvalue weighted by atomic mass is 35.5. The summed E-state index contributed by atoms with van der Waals surface area (Å²) in [5, 5.41) is 7.87. The van der Waals surface area contributed by atoms with E-state index in [1.54, 1.807) is 43.5 Å². The maximum atomic E-state index is 13.2. The predicted octanol–water partition coefficient (Wildman–Crippen LogP) is 5.39. The molecule has 0 aliphatic carbocycles. The van der Waals surface area contributed by atoms with Gasteiger partial charge in [-0.3, -0.25) is 9.59 Å². The number of nitrogens with zero attached hydrogens (tertiary/aromatic N) is 3. The number of para-hydroxylation sites is 1. The zero-order valence-corrected chi connectivity index (χ0v) is 20.1. The second-order valence-corrected chi connectivity index (χ2v) is 8.69. The Morgan fingerprint density at radius 3 is 2.50 bits per heavy atom. The molecule has 3 rings (SSSR count). The van der Waals surface area contributed by atoms with Crippen molar-refractivity contribution in [3.8, 4) is 0 Å². The number of likely N-dealkylation sites (N-methyl/N-ethyl adjacent to an activating group) is 1. The molecule has 1 N–H and O–H groups in total. The van der Waals surface area contributed by atoms with Crippen LogP contribution in [0.3, 0.4) is 0 Å². The summed E-state index contributed by atoms with van der Waals surface area (Å²) in [6, 6.07) is 8.35. The number of amides is 2. The number of carbonyl (C=O) groups is 2. The van der Waals surface area contributed by atoms with Crippen molar-refractivity contribution in [3.63, 3.8) is 0 Å². The summed E-state index contributed by atoms with van der Waals surface area (Å²) in [5.41, 5.74) is 2.53. The van der Waals surface area contributed by atoms with Gasteiger partial charge in [-0.15, -0.1) is 11.8 Å². The molecule has 0 radical (unpaired) electrons. The zero-order chi connectivity index (χ0) is 23.3. The van der Waals surface area contributed by atoms with Crippen LogP contribution in [0.25, 0.3) is 0 Å². The third-order valence-electron chi connectivity index (χ3n) is 4.77. The Labute approximate surface area is 200 Å². The molecule has 7 nitrogen and oxygen atoms in total. The van der Waals surface area contributed by atoms with Gasteiger partial charge in [-0.1, -0.05) is 34.4 Å². The summed E-state index contributed by atoms with van der Waals surface area (Å²) in [4.78, 5) is 31.6. The fourth-order valence-electron chi connectivity index (χ4n) is 2.98. The van der Waals surface area contributed by atoms with Crippen LogP contribution in [-0.4, -0.2) is 39.9 Å². The van der Waals surface area contributed by atoms with E-state index in [0.29, 0.717) is 38.6 Å². The van der Waals surface area contributed by atoms with E-state index >= 15 is 0 Å². The van der Waals surface area contributed by atoms with E-state index in [0.717, 1.165) is 17.0 Å². The number of pyridine rings is 1. The van der Waals surface area contributed by atoms with Crippen LogP contribution in [-0.2, 0) is 10.5 Å². The number of hydrogen-bond donors (Lipinski definition) is 1. The molecule has 0 saturated carbocycles. The number of nitrogens with one attached hydrogen (secondary N) is 1. The molecule has 0 aliphatic rings. The Morgan fingerprint density at radius 1 is 1.16 bits per heavy atom. The van der Waals surface area contributed by atoms with Crippen LogP contribution in [0.5, 0.6) is 0 Å². The van der Waals surface area contributed by atoms with Gasteiger partial charge in [0, 0.05) is 24.1 Å². The normalized spacial score (nSPS) is 10.8. The molecule has 0 aliphatic heterocycles. The van der Waals surface area contributed by atoms with Gasteiger partial charge >= 0.3 is 0 Å². The van der Waals surface area contributed by atoms with E-state index in [4.69, 9.17) is 27.7 Å². The first-order valence-electron chi connectivity index (χ1n) is 9.84. The lowest BCUT2D eigenvalue weighted by molar-refractivity contribution is -0.116. The molecule has 3 aromatic rings. The van der Waals surface area contributed by atoms with Gasteiger partial charge in [0.05, 0.1) is 27.0 Å². The van der Waals surface area contributed by atoms with Crippen LogP contribution in [0, 0.1) is 13.8 Å². The monoisotopic (exact) mass is 492 g/mol. The molecule has 0 spiro atoms. The minimum Gasteiger partial charge on any atom is -0.361 e. The predicted molar refractivity (Wildman–Crippen MR) is 126 cm³/mol. The van der Waals surface area contributed by atoms with Gasteiger partial charge in [-0.05, 0) is 45.0 Å².